The van der Waals surface area contributed by atoms with Crippen LogP contribution in [0.5, 0.6) is 5.75 Å². The lowest BCUT2D eigenvalue weighted by Crippen LogP contribution is -2.57. The molecule has 12 heteroatoms. The Morgan fingerprint density at radius 1 is 1.09 bits per heavy atom. The second-order valence-electron chi connectivity index (χ2n) is 8.89. The molecule has 12 nitrogen and oxygen atoms in total. The molecule has 0 spiro atoms. The number of carboxylic acid groups (broad SMARTS) is 2. The summed E-state index contributed by atoms with van der Waals surface area (Å²) in [6.07, 6.45) is 0.188. The first-order valence-corrected chi connectivity index (χ1v) is 11.3. The maximum absolute atomic E-state index is 13.5. The van der Waals surface area contributed by atoms with Gasteiger partial charge in [-0.2, -0.15) is 0 Å². The Hall–Kier alpha value is -3.67. The minimum atomic E-state index is -1.39. The highest BCUT2D eigenvalue weighted by molar-refractivity contribution is 5.95. The predicted octanol–water partition coefficient (Wildman–Crippen LogP) is -0.562. The van der Waals surface area contributed by atoms with Crippen LogP contribution in [0.25, 0.3) is 0 Å². The number of hydrogen-bond donors (Lipinski definition) is 6. The Balaban J connectivity index is 2.24. The zero-order valence-corrected chi connectivity index (χ0v) is 19.6. The van der Waals surface area contributed by atoms with Crippen molar-refractivity contribution in [1.82, 2.24) is 15.5 Å². The number of nitrogens with one attached hydrogen (secondary N) is 2. The van der Waals surface area contributed by atoms with Crippen LogP contribution in [-0.4, -0.2) is 80.6 Å². The van der Waals surface area contributed by atoms with Crippen molar-refractivity contribution in [2.75, 3.05) is 6.54 Å². The Morgan fingerprint density at radius 3 is 2.26 bits per heavy atom. The molecule has 4 unspecified atom stereocenters. The SMILES string of the molecule is CC(C)C(NC(=O)C1CCCN1C(=O)C(Cc1ccc(O)cc1)NC(=O)C(N)CC(=O)O)C(=O)O. The Morgan fingerprint density at radius 2 is 1.71 bits per heavy atom. The van der Waals surface area contributed by atoms with E-state index in [0.29, 0.717) is 18.4 Å². The first-order chi connectivity index (χ1) is 16.4. The molecule has 0 saturated carbocycles. The van der Waals surface area contributed by atoms with Crippen molar-refractivity contribution < 1.29 is 39.3 Å². The van der Waals surface area contributed by atoms with Crippen molar-refractivity contribution in [1.29, 1.82) is 0 Å². The van der Waals surface area contributed by atoms with Crippen LogP contribution in [0.1, 0.15) is 38.7 Å². The van der Waals surface area contributed by atoms with Crippen molar-refractivity contribution in [2.24, 2.45) is 11.7 Å². The van der Waals surface area contributed by atoms with Crippen LogP contribution in [0, 0.1) is 5.92 Å². The third-order valence-electron chi connectivity index (χ3n) is 5.79. The number of amides is 3. The molecule has 3 amide bonds. The summed E-state index contributed by atoms with van der Waals surface area (Å²) in [7, 11) is 0. The summed E-state index contributed by atoms with van der Waals surface area (Å²) in [5.74, 6) is -4.84. The van der Waals surface area contributed by atoms with Gasteiger partial charge in [-0.15, -0.1) is 0 Å². The smallest absolute Gasteiger partial charge is 0.326 e. The fraction of sp³-hybridized carbons (Fsp3) is 0.522. The molecule has 0 radical (unpaired) electrons. The average Bonchev–Trinajstić information content (AvgIpc) is 3.26. The fourth-order valence-electron chi connectivity index (χ4n) is 3.89. The van der Waals surface area contributed by atoms with E-state index in [9.17, 15) is 34.2 Å². The molecular formula is C23H32N4O8. The zero-order valence-electron chi connectivity index (χ0n) is 19.6. The summed E-state index contributed by atoms with van der Waals surface area (Å²) < 4.78 is 0. The molecule has 7 N–H and O–H groups in total. The molecule has 0 aliphatic carbocycles. The highest BCUT2D eigenvalue weighted by atomic mass is 16.4. The molecule has 1 saturated heterocycles. The van der Waals surface area contributed by atoms with Gasteiger partial charge in [0.2, 0.25) is 17.7 Å². The van der Waals surface area contributed by atoms with Crippen molar-refractivity contribution in [3.63, 3.8) is 0 Å². The lowest BCUT2D eigenvalue weighted by atomic mass is 10.0. The molecule has 192 valence electrons. The van der Waals surface area contributed by atoms with Crippen LogP contribution in [0.4, 0.5) is 0 Å². The number of hydrogen-bond acceptors (Lipinski definition) is 7. The van der Waals surface area contributed by atoms with Crippen LogP contribution in [0.2, 0.25) is 0 Å². The van der Waals surface area contributed by atoms with Gasteiger partial charge in [-0.05, 0) is 36.5 Å². The van der Waals surface area contributed by atoms with E-state index in [0.717, 1.165) is 0 Å². The lowest BCUT2D eigenvalue weighted by Gasteiger charge is -2.30. The number of carbonyl (C=O) groups is 5. The number of aromatic hydroxyl groups is 1. The van der Waals surface area contributed by atoms with Crippen LogP contribution in [0.15, 0.2) is 24.3 Å². The number of nitrogens with zero attached hydrogens (tertiary/aromatic N) is 1. The van der Waals surface area contributed by atoms with Gasteiger partial charge in [-0.1, -0.05) is 26.0 Å². The van der Waals surface area contributed by atoms with E-state index >= 15 is 0 Å². The quantitative estimate of drug-likeness (QED) is 0.234. The topological polar surface area (TPSA) is 199 Å². The number of benzene rings is 1. The summed E-state index contributed by atoms with van der Waals surface area (Å²) in [5, 5.41) is 32.8. The molecule has 1 aromatic carbocycles. The molecule has 0 bridgehead atoms. The highest BCUT2D eigenvalue weighted by Gasteiger charge is 2.39. The van der Waals surface area contributed by atoms with Crippen LogP contribution in [0.3, 0.4) is 0 Å². The monoisotopic (exact) mass is 492 g/mol. The Bertz CT molecular complexity index is 949. The zero-order chi connectivity index (χ0) is 26.3. The van der Waals surface area contributed by atoms with Gasteiger partial charge >= 0.3 is 11.9 Å². The van der Waals surface area contributed by atoms with Gasteiger partial charge in [0.25, 0.3) is 0 Å². The molecule has 2 rings (SSSR count). The second-order valence-corrected chi connectivity index (χ2v) is 8.89. The van der Waals surface area contributed by atoms with E-state index in [1.165, 1.54) is 17.0 Å². The Labute approximate surface area is 202 Å². The van der Waals surface area contributed by atoms with E-state index in [1.807, 2.05) is 0 Å². The number of aliphatic carboxylic acids is 2. The van der Waals surface area contributed by atoms with Gasteiger partial charge in [-0.3, -0.25) is 19.2 Å². The molecule has 1 heterocycles. The maximum Gasteiger partial charge on any atom is 0.326 e. The van der Waals surface area contributed by atoms with E-state index in [-0.39, 0.29) is 24.6 Å². The normalized spacial score (nSPS) is 17.9. The summed E-state index contributed by atoms with van der Waals surface area (Å²) in [4.78, 5) is 62.6. The van der Waals surface area contributed by atoms with E-state index in [1.54, 1.807) is 26.0 Å². The van der Waals surface area contributed by atoms with Crippen molar-refractivity contribution >= 4 is 29.7 Å². The molecule has 1 aliphatic heterocycles. The number of likely N-dealkylation sites (tertiary alicyclic amines) is 1. The first-order valence-electron chi connectivity index (χ1n) is 11.3. The molecular weight excluding hydrogens is 460 g/mol. The number of phenols is 1. The number of carbonyl (C=O) groups excluding carboxylic acids is 3. The van der Waals surface area contributed by atoms with Gasteiger partial charge < -0.3 is 36.6 Å². The fourth-order valence-corrected chi connectivity index (χ4v) is 3.89. The van der Waals surface area contributed by atoms with Gasteiger partial charge in [0, 0.05) is 13.0 Å². The number of carboxylic acids is 2. The third kappa shape index (κ3) is 7.67. The number of phenolic OH excluding ortho intramolecular Hbond substituents is 1. The first kappa shape index (κ1) is 27.6. The van der Waals surface area contributed by atoms with E-state index < -0.39 is 60.2 Å². The molecule has 1 fully saturated rings. The van der Waals surface area contributed by atoms with E-state index in [2.05, 4.69) is 10.6 Å². The van der Waals surface area contributed by atoms with Gasteiger partial charge in [0.1, 0.15) is 23.9 Å². The number of nitrogens with two attached hydrogens (primary N) is 1. The third-order valence-corrected chi connectivity index (χ3v) is 5.79. The predicted molar refractivity (Wildman–Crippen MR) is 123 cm³/mol. The second kappa shape index (κ2) is 12.2. The van der Waals surface area contributed by atoms with Crippen LogP contribution < -0.4 is 16.4 Å². The minimum absolute atomic E-state index is 0.000765. The molecule has 1 aromatic rings. The molecule has 1 aliphatic rings. The van der Waals surface area contributed by atoms with Crippen molar-refractivity contribution in [3.05, 3.63) is 29.8 Å². The minimum Gasteiger partial charge on any atom is -0.508 e. The van der Waals surface area contributed by atoms with Crippen molar-refractivity contribution in [3.8, 4) is 5.75 Å². The van der Waals surface area contributed by atoms with Crippen LogP contribution >= 0.6 is 0 Å². The largest absolute Gasteiger partial charge is 0.508 e. The summed E-state index contributed by atoms with van der Waals surface area (Å²) in [6.45, 7) is 3.53. The van der Waals surface area contributed by atoms with Crippen LogP contribution in [-0.2, 0) is 30.4 Å². The average molecular weight is 493 g/mol. The molecule has 4 atom stereocenters. The summed E-state index contributed by atoms with van der Waals surface area (Å²) in [6, 6.07) is 1.36. The van der Waals surface area contributed by atoms with Crippen molar-refractivity contribution in [2.45, 2.75) is 63.7 Å². The maximum atomic E-state index is 13.5. The molecule has 35 heavy (non-hydrogen) atoms. The van der Waals surface area contributed by atoms with Gasteiger partial charge in [0.15, 0.2) is 0 Å². The molecule has 0 aromatic heterocycles. The summed E-state index contributed by atoms with van der Waals surface area (Å²) in [5.41, 5.74) is 6.25. The highest BCUT2D eigenvalue weighted by Crippen LogP contribution is 2.21. The Kier molecular flexibility index (Phi) is 9.58. The number of rotatable bonds is 11. The van der Waals surface area contributed by atoms with Gasteiger partial charge in [0.05, 0.1) is 12.5 Å². The van der Waals surface area contributed by atoms with E-state index in [4.69, 9.17) is 10.8 Å². The standard InChI is InChI=1S/C23H32N4O8/c1-12(2)19(23(34)35)26-21(32)17-4-3-9-27(17)22(33)16(10-13-5-7-14(28)8-6-13)25-20(31)15(24)11-18(29)30/h5-8,12,15-17,19,28H,3-4,9-11,24H2,1-2H3,(H,25,31)(H,26,32)(H,29,30)(H,34,35). The lowest BCUT2D eigenvalue weighted by molar-refractivity contribution is -0.145. The van der Waals surface area contributed by atoms with Gasteiger partial charge in [-0.25, -0.2) is 4.79 Å². The summed E-state index contributed by atoms with van der Waals surface area (Å²) >= 11 is 0.